The van der Waals surface area contributed by atoms with Gasteiger partial charge in [0.05, 0.1) is 0 Å². The summed E-state index contributed by atoms with van der Waals surface area (Å²) in [5.74, 6) is -1.31. The van der Waals surface area contributed by atoms with Crippen molar-refractivity contribution in [1.82, 2.24) is 5.32 Å². The smallest absolute Gasteiger partial charge is 0.315 e. The molecule has 5 heteroatoms. The van der Waals surface area contributed by atoms with E-state index >= 15 is 0 Å². The Morgan fingerprint density at radius 1 is 1.33 bits per heavy atom. The van der Waals surface area contributed by atoms with Crippen LogP contribution in [0.4, 0.5) is 0 Å². The van der Waals surface area contributed by atoms with Gasteiger partial charge in [-0.1, -0.05) is 30.3 Å². The monoisotopic (exact) mass is 251 g/mol. The molecule has 0 spiro atoms. The number of carbonyl (C=O) groups is 2. The van der Waals surface area contributed by atoms with Crippen molar-refractivity contribution in [2.24, 2.45) is 0 Å². The zero-order valence-electron chi connectivity index (χ0n) is 10.5. The summed E-state index contributed by atoms with van der Waals surface area (Å²) in [4.78, 5) is 22.7. The molecule has 1 rings (SSSR count). The lowest BCUT2D eigenvalue weighted by molar-refractivity contribution is -0.143. The van der Waals surface area contributed by atoms with Crippen LogP contribution >= 0.6 is 0 Å². The molecule has 5 nitrogen and oxygen atoms in total. The fourth-order valence-corrected chi connectivity index (χ4v) is 1.56. The minimum Gasteiger partial charge on any atom is -0.481 e. The van der Waals surface area contributed by atoms with Crippen LogP contribution in [-0.4, -0.2) is 37.2 Å². The molecule has 1 unspecified atom stereocenters. The predicted molar refractivity (Wildman–Crippen MR) is 66.3 cm³/mol. The van der Waals surface area contributed by atoms with Crippen LogP contribution in [0.15, 0.2) is 30.3 Å². The van der Waals surface area contributed by atoms with Crippen LogP contribution in [0.1, 0.15) is 12.5 Å². The number of hydrogen-bond acceptors (Lipinski definition) is 3. The Balaban J connectivity index is 2.82. The standard InChI is InChI=1S/C13H17NO4/c1-13(12(16)17,9-14-11(15)8-18-2)10-6-4-3-5-7-10/h3-7H,8-9H2,1-2H3,(H,14,15)(H,16,17). The lowest BCUT2D eigenvalue weighted by atomic mass is 9.82. The second kappa shape index (κ2) is 6.16. The van der Waals surface area contributed by atoms with Crippen LogP contribution in [-0.2, 0) is 19.7 Å². The van der Waals surface area contributed by atoms with Crippen LogP contribution in [0.3, 0.4) is 0 Å². The quantitative estimate of drug-likeness (QED) is 0.783. The van der Waals surface area contributed by atoms with Gasteiger partial charge in [0, 0.05) is 13.7 Å². The van der Waals surface area contributed by atoms with Gasteiger partial charge in [0.2, 0.25) is 5.91 Å². The van der Waals surface area contributed by atoms with Crippen molar-refractivity contribution in [3.8, 4) is 0 Å². The number of hydrogen-bond donors (Lipinski definition) is 2. The summed E-state index contributed by atoms with van der Waals surface area (Å²) in [5, 5.41) is 11.9. The molecule has 0 aliphatic rings. The zero-order chi connectivity index (χ0) is 13.6. The zero-order valence-corrected chi connectivity index (χ0v) is 10.5. The van der Waals surface area contributed by atoms with Crippen molar-refractivity contribution in [2.45, 2.75) is 12.3 Å². The number of carboxylic acids is 1. The van der Waals surface area contributed by atoms with Crippen molar-refractivity contribution >= 4 is 11.9 Å². The van der Waals surface area contributed by atoms with Crippen molar-refractivity contribution in [1.29, 1.82) is 0 Å². The molecular formula is C13H17NO4. The first-order chi connectivity index (χ1) is 8.50. The van der Waals surface area contributed by atoms with E-state index < -0.39 is 11.4 Å². The molecular weight excluding hydrogens is 234 g/mol. The Morgan fingerprint density at radius 3 is 2.44 bits per heavy atom. The third kappa shape index (κ3) is 3.30. The van der Waals surface area contributed by atoms with Crippen molar-refractivity contribution in [3.63, 3.8) is 0 Å². The van der Waals surface area contributed by atoms with E-state index in [2.05, 4.69) is 10.1 Å². The first-order valence-corrected chi connectivity index (χ1v) is 5.55. The van der Waals surface area contributed by atoms with Gasteiger partial charge >= 0.3 is 5.97 Å². The summed E-state index contributed by atoms with van der Waals surface area (Å²) in [6, 6.07) is 8.82. The fourth-order valence-electron chi connectivity index (χ4n) is 1.56. The number of nitrogens with one attached hydrogen (secondary N) is 1. The molecule has 0 radical (unpaired) electrons. The molecule has 0 saturated carbocycles. The minimum atomic E-state index is -1.15. The molecule has 0 fully saturated rings. The normalized spacial score (nSPS) is 13.7. The van der Waals surface area contributed by atoms with Crippen molar-refractivity contribution in [2.75, 3.05) is 20.3 Å². The summed E-state index contributed by atoms with van der Waals surface area (Å²) in [6.07, 6.45) is 0. The molecule has 0 aliphatic carbocycles. The molecule has 0 heterocycles. The number of ether oxygens (including phenoxy) is 1. The number of carbonyl (C=O) groups excluding carboxylic acids is 1. The van der Waals surface area contributed by atoms with Gasteiger partial charge < -0.3 is 15.2 Å². The summed E-state index contributed by atoms with van der Waals surface area (Å²) in [7, 11) is 1.41. The molecule has 1 aromatic rings. The fraction of sp³-hybridized carbons (Fsp3) is 0.385. The highest BCUT2D eigenvalue weighted by molar-refractivity contribution is 5.83. The van der Waals surface area contributed by atoms with E-state index in [4.69, 9.17) is 0 Å². The maximum absolute atomic E-state index is 11.4. The largest absolute Gasteiger partial charge is 0.481 e. The van der Waals surface area contributed by atoms with Crippen LogP contribution in [0.25, 0.3) is 0 Å². The highest BCUT2D eigenvalue weighted by atomic mass is 16.5. The highest BCUT2D eigenvalue weighted by Crippen LogP contribution is 2.23. The molecule has 1 aromatic carbocycles. The Kier molecular flexibility index (Phi) is 4.85. The van der Waals surface area contributed by atoms with Gasteiger partial charge in [-0.3, -0.25) is 9.59 Å². The Bertz CT molecular complexity index is 418. The van der Waals surface area contributed by atoms with E-state index in [9.17, 15) is 14.7 Å². The van der Waals surface area contributed by atoms with Crippen LogP contribution in [0.5, 0.6) is 0 Å². The van der Waals surface area contributed by atoms with E-state index in [-0.39, 0.29) is 19.1 Å². The molecule has 18 heavy (non-hydrogen) atoms. The highest BCUT2D eigenvalue weighted by Gasteiger charge is 2.35. The summed E-state index contributed by atoms with van der Waals surface area (Å²) < 4.78 is 4.68. The number of amides is 1. The van der Waals surface area contributed by atoms with Gasteiger partial charge in [0.1, 0.15) is 12.0 Å². The van der Waals surface area contributed by atoms with E-state index in [0.29, 0.717) is 5.56 Å². The minimum absolute atomic E-state index is 0.0224. The lowest BCUT2D eigenvalue weighted by Gasteiger charge is -2.25. The summed E-state index contributed by atoms with van der Waals surface area (Å²) in [6.45, 7) is 1.52. The van der Waals surface area contributed by atoms with E-state index in [0.717, 1.165) is 0 Å². The summed E-state index contributed by atoms with van der Waals surface area (Å²) in [5.41, 5.74) is -0.500. The third-order valence-electron chi connectivity index (χ3n) is 2.80. The van der Waals surface area contributed by atoms with Gasteiger partial charge in [-0.25, -0.2) is 0 Å². The second-order valence-electron chi connectivity index (χ2n) is 4.21. The van der Waals surface area contributed by atoms with Crippen LogP contribution in [0.2, 0.25) is 0 Å². The van der Waals surface area contributed by atoms with Gasteiger partial charge in [0.15, 0.2) is 0 Å². The topological polar surface area (TPSA) is 75.6 Å². The maximum atomic E-state index is 11.4. The van der Waals surface area contributed by atoms with Gasteiger partial charge in [-0.15, -0.1) is 0 Å². The van der Waals surface area contributed by atoms with Gasteiger partial charge in [-0.2, -0.15) is 0 Å². The van der Waals surface area contributed by atoms with E-state index in [1.165, 1.54) is 7.11 Å². The molecule has 0 aromatic heterocycles. The average molecular weight is 251 g/mol. The number of rotatable bonds is 6. The number of benzene rings is 1. The molecule has 0 saturated heterocycles. The van der Waals surface area contributed by atoms with Crippen LogP contribution < -0.4 is 5.32 Å². The Hall–Kier alpha value is -1.88. The number of carboxylic acid groups (broad SMARTS) is 1. The molecule has 0 bridgehead atoms. The predicted octanol–water partition coefficient (Wildman–Crippen LogP) is 0.792. The van der Waals surface area contributed by atoms with Crippen molar-refractivity contribution < 1.29 is 19.4 Å². The summed E-state index contributed by atoms with van der Waals surface area (Å²) >= 11 is 0. The van der Waals surface area contributed by atoms with Crippen molar-refractivity contribution in [3.05, 3.63) is 35.9 Å². The van der Waals surface area contributed by atoms with E-state index in [1.807, 2.05) is 6.07 Å². The maximum Gasteiger partial charge on any atom is 0.315 e. The molecule has 2 N–H and O–H groups in total. The van der Waals surface area contributed by atoms with E-state index in [1.54, 1.807) is 31.2 Å². The molecule has 98 valence electrons. The van der Waals surface area contributed by atoms with Gasteiger partial charge in [-0.05, 0) is 12.5 Å². The first kappa shape index (κ1) is 14.2. The SMILES string of the molecule is COCC(=O)NCC(C)(C(=O)O)c1ccccc1. The van der Waals surface area contributed by atoms with Crippen LogP contribution in [0, 0.1) is 0 Å². The first-order valence-electron chi connectivity index (χ1n) is 5.55. The number of aliphatic carboxylic acids is 1. The molecule has 1 amide bonds. The molecule has 0 aliphatic heterocycles. The number of methoxy groups -OCH3 is 1. The third-order valence-corrected chi connectivity index (χ3v) is 2.80. The molecule has 1 atom stereocenters. The Morgan fingerprint density at radius 2 is 1.94 bits per heavy atom. The second-order valence-corrected chi connectivity index (χ2v) is 4.21. The average Bonchev–Trinajstić information content (AvgIpc) is 2.37. The van der Waals surface area contributed by atoms with Gasteiger partial charge in [0.25, 0.3) is 0 Å². The Labute approximate surface area is 106 Å². The lowest BCUT2D eigenvalue weighted by Crippen LogP contribution is -2.45.